The lowest BCUT2D eigenvalue weighted by atomic mass is 10.2. The molecule has 0 amide bonds. The molecule has 0 saturated heterocycles. The van der Waals surface area contributed by atoms with Crippen molar-refractivity contribution in [3.63, 3.8) is 0 Å². The molecular formula is C21H20ClN3S. The topological polar surface area (TPSA) is 37.0 Å². The van der Waals surface area contributed by atoms with Crippen molar-refractivity contribution in [1.82, 2.24) is 10.3 Å². The zero-order chi connectivity index (χ0) is 17.8. The molecule has 4 aromatic rings. The first-order valence-corrected chi connectivity index (χ1v) is 9.95. The first-order valence-electron chi connectivity index (χ1n) is 8.76. The summed E-state index contributed by atoms with van der Waals surface area (Å²) in [6, 6.07) is 18.7. The molecule has 0 bridgehead atoms. The number of benzene rings is 2. The molecule has 2 aromatic carbocycles. The fraction of sp³-hybridized carbons (Fsp3) is 0.190. The number of fused-ring (bicyclic) bond motifs is 2. The molecule has 26 heavy (non-hydrogen) atoms. The van der Waals surface area contributed by atoms with Crippen molar-refractivity contribution in [1.29, 1.82) is 0 Å². The molecule has 2 heterocycles. The minimum atomic E-state index is 0.715. The Morgan fingerprint density at radius 3 is 2.85 bits per heavy atom. The van der Waals surface area contributed by atoms with Crippen molar-refractivity contribution in [2.75, 3.05) is 18.4 Å². The van der Waals surface area contributed by atoms with Crippen LogP contribution in [-0.4, -0.2) is 18.1 Å². The van der Waals surface area contributed by atoms with E-state index in [4.69, 9.17) is 11.6 Å². The van der Waals surface area contributed by atoms with Gasteiger partial charge in [-0.2, -0.15) is 0 Å². The van der Waals surface area contributed by atoms with Gasteiger partial charge in [0.2, 0.25) is 0 Å². The van der Waals surface area contributed by atoms with Gasteiger partial charge in [0.25, 0.3) is 0 Å². The number of hydrogen-bond donors (Lipinski definition) is 2. The van der Waals surface area contributed by atoms with E-state index in [-0.39, 0.29) is 0 Å². The van der Waals surface area contributed by atoms with Crippen molar-refractivity contribution in [2.24, 2.45) is 0 Å². The third-order valence-corrected chi connectivity index (χ3v) is 5.68. The molecule has 132 valence electrons. The number of pyridine rings is 1. The van der Waals surface area contributed by atoms with Gasteiger partial charge in [-0.05, 0) is 54.8 Å². The minimum Gasteiger partial charge on any atom is -0.384 e. The SMILES string of the molecule is Clc1ccc2c(NCCCNCc3cc4ccccc4s3)ccnc2c1. The monoisotopic (exact) mass is 381 g/mol. The predicted molar refractivity (Wildman–Crippen MR) is 113 cm³/mol. The molecule has 0 spiro atoms. The normalized spacial score (nSPS) is 11.3. The summed E-state index contributed by atoms with van der Waals surface area (Å²) in [5.41, 5.74) is 2.03. The van der Waals surface area contributed by atoms with Gasteiger partial charge in [-0.25, -0.2) is 0 Å². The first kappa shape index (κ1) is 17.3. The third kappa shape index (κ3) is 3.98. The van der Waals surface area contributed by atoms with Crippen LogP contribution in [-0.2, 0) is 6.54 Å². The number of anilines is 1. The van der Waals surface area contributed by atoms with Gasteiger partial charge in [-0.3, -0.25) is 4.98 Å². The van der Waals surface area contributed by atoms with Crippen LogP contribution in [0.5, 0.6) is 0 Å². The van der Waals surface area contributed by atoms with Crippen LogP contribution in [0.1, 0.15) is 11.3 Å². The molecule has 0 atom stereocenters. The van der Waals surface area contributed by atoms with Crippen LogP contribution >= 0.6 is 22.9 Å². The molecule has 4 rings (SSSR count). The van der Waals surface area contributed by atoms with Crippen molar-refractivity contribution in [3.05, 3.63) is 70.7 Å². The summed E-state index contributed by atoms with van der Waals surface area (Å²) in [4.78, 5) is 5.76. The molecular weight excluding hydrogens is 362 g/mol. The summed E-state index contributed by atoms with van der Waals surface area (Å²) in [5, 5.41) is 10.2. The number of aromatic nitrogens is 1. The summed E-state index contributed by atoms with van der Waals surface area (Å²) in [6.07, 6.45) is 2.88. The predicted octanol–water partition coefficient (Wildman–Crippen LogP) is 5.69. The first-order chi connectivity index (χ1) is 12.8. The highest BCUT2D eigenvalue weighted by atomic mass is 35.5. The van der Waals surface area contributed by atoms with E-state index in [1.165, 1.54) is 15.0 Å². The van der Waals surface area contributed by atoms with E-state index in [9.17, 15) is 0 Å². The largest absolute Gasteiger partial charge is 0.384 e. The Morgan fingerprint density at radius 1 is 1.00 bits per heavy atom. The van der Waals surface area contributed by atoms with Crippen LogP contribution in [0.4, 0.5) is 5.69 Å². The molecule has 0 aliphatic rings. The van der Waals surface area contributed by atoms with Gasteiger partial charge in [-0.15, -0.1) is 11.3 Å². The van der Waals surface area contributed by atoms with Gasteiger partial charge >= 0.3 is 0 Å². The average molecular weight is 382 g/mol. The molecule has 0 saturated carbocycles. The Kier molecular flexibility index (Phi) is 5.34. The smallest absolute Gasteiger partial charge is 0.0737 e. The van der Waals surface area contributed by atoms with E-state index < -0.39 is 0 Å². The maximum Gasteiger partial charge on any atom is 0.0737 e. The van der Waals surface area contributed by atoms with Crippen LogP contribution in [0, 0.1) is 0 Å². The zero-order valence-corrected chi connectivity index (χ0v) is 15.9. The lowest BCUT2D eigenvalue weighted by Crippen LogP contribution is -2.17. The Bertz CT molecular complexity index is 995. The molecule has 0 unspecified atom stereocenters. The van der Waals surface area contributed by atoms with E-state index in [1.54, 1.807) is 0 Å². The fourth-order valence-corrected chi connectivity index (χ4v) is 4.25. The molecule has 0 fully saturated rings. The van der Waals surface area contributed by atoms with E-state index in [2.05, 4.69) is 45.9 Å². The second-order valence-corrected chi connectivity index (χ2v) is 7.83. The number of thiophene rings is 1. The number of nitrogens with zero attached hydrogens (tertiary/aromatic N) is 1. The number of rotatable bonds is 7. The highest BCUT2D eigenvalue weighted by molar-refractivity contribution is 7.19. The second-order valence-electron chi connectivity index (χ2n) is 6.23. The van der Waals surface area contributed by atoms with Crippen molar-refractivity contribution >= 4 is 49.6 Å². The van der Waals surface area contributed by atoms with Crippen LogP contribution < -0.4 is 10.6 Å². The van der Waals surface area contributed by atoms with Crippen LogP contribution in [0.25, 0.3) is 21.0 Å². The van der Waals surface area contributed by atoms with E-state index in [1.807, 2.05) is 41.8 Å². The van der Waals surface area contributed by atoms with Gasteiger partial charge in [-0.1, -0.05) is 29.8 Å². The van der Waals surface area contributed by atoms with Gasteiger partial charge < -0.3 is 10.6 Å². The number of halogens is 1. The summed E-state index contributed by atoms with van der Waals surface area (Å²) in [6.45, 7) is 2.83. The van der Waals surface area contributed by atoms with Crippen LogP contribution in [0.2, 0.25) is 5.02 Å². The van der Waals surface area contributed by atoms with Gasteiger partial charge in [0, 0.05) is 45.0 Å². The quantitative estimate of drug-likeness (QED) is 0.403. The van der Waals surface area contributed by atoms with Gasteiger partial charge in [0.1, 0.15) is 0 Å². The van der Waals surface area contributed by atoms with Crippen LogP contribution in [0.15, 0.2) is 60.8 Å². The van der Waals surface area contributed by atoms with Gasteiger partial charge in [0.15, 0.2) is 0 Å². The number of hydrogen-bond acceptors (Lipinski definition) is 4. The van der Waals surface area contributed by atoms with Gasteiger partial charge in [0.05, 0.1) is 5.52 Å². The Labute approximate surface area is 162 Å². The average Bonchev–Trinajstić information content (AvgIpc) is 3.07. The van der Waals surface area contributed by atoms with Crippen molar-refractivity contribution in [3.8, 4) is 0 Å². The molecule has 0 aliphatic carbocycles. The highest BCUT2D eigenvalue weighted by Crippen LogP contribution is 2.25. The number of nitrogens with one attached hydrogen (secondary N) is 2. The fourth-order valence-electron chi connectivity index (χ4n) is 3.05. The molecule has 2 N–H and O–H groups in total. The van der Waals surface area contributed by atoms with Crippen molar-refractivity contribution in [2.45, 2.75) is 13.0 Å². The van der Waals surface area contributed by atoms with E-state index in [0.717, 1.165) is 42.6 Å². The second kappa shape index (κ2) is 8.04. The highest BCUT2D eigenvalue weighted by Gasteiger charge is 2.03. The lowest BCUT2D eigenvalue weighted by Gasteiger charge is -2.10. The Balaban J connectivity index is 1.25. The maximum atomic E-state index is 6.04. The zero-order valence-electron chi connectivity index (χ0n) is 14.3. The standard InChI is InChI=1S/C21H20ClN3S/c22-16-6-7-18-19(8-11-25-20(18)13-16)24-10-3-9-23-14-17-12-15-4-1-2-5-21(15)26-17/h1-2,4-8,11-13,23H,3,9-10,14H2,(H,24,25). The Morgan fingerprint density at radius 2 is 1.92 bits per heavy atom. The Hall–Kier alpha value is -2.14. The summed E-state index contributed by atoms with van der Waals surface area (Å²) in [7, 11) is 0. The van der Waals surface area contributed by atoms with E-state index >= 15 is 0 Å². The molecule has 2 aromatic heterocycles. The van der Waals surface area contributed by atoms with Crippen LogP contribution in [0.3, 0.4) is 0 Å². The summed E-state index contributed by atoms with van der Waals surface area (Å²) in [5.74, 6) is 0. The lowest BCUT2D eigenvalue weighted by molar-refractivity contribution is 0.669. The van der Waals surface area contributed by atoms with Crippen molar-refractivity contribution < 1.29 is 0 Å². The summed E-state index contributed by atoms with van der Waals surface area (Å²) < 4.78 is 1.36. The maximum absolute atomic E-state index is 6.04. The molecule has 0 aliphatic heterocycles. The van der Waals surface area contributed by atoms with E-state index in [0.29, 0.717) is 5.02 Å². The summed E-state index contributed by atoms with van der Waals surface area (Å²) >= 11 is 7.91. The molecule has 0 radical (unpaired) electrons. The third-order valence-electron chi connectivity index (χ3n) is 4.33. The minimum absolute atomic E-state index is 0.715. The molecule has 3 nitrogen and oxygen atoms in total. The molecule has 5 heteroatoms.